The Hall–Kier alpha value is -3.33. The predicted octanol–water partition coefficient (Wildman–Crippen LogP) is 3.02. The molecular weight excluding hydrogens is 396 g/mol. The van der Waals surface area contributed by atoms with Crippen molar-refractivity contribution < 1.29 is 33.3 Å². The number of ketones is 1. The first kappa shape index (κ1) is 24.7. The molecule has 11 heteroatoms. The Morgan fingerprint density at radius 1 is 0.967 bits per heavy atom. The molecule has 1 heterocycles. The van der Waals surface area contributed by atoms with Crippen LogP contribution in [0.1, 0.15) is 52.0 Å². The lowest BCUT2D eigenvalue weighted by molar-refractivity contribution is -0.158. The molecule has 0 saturated heterocycles. The van der Waals surface area contributed by atoms with Gasteiger partial charge in [-0.25, -0.2) is 14.6 Å². The molecule has 164 valence electrons. The topological polar surface area (TPSA) is 150 Å². The largest absolute Gasteiger partial charge is 0.478 e. The van der Waals surface area contributed by atoms with Gasteiger partial charge < -0.3 is 18.9 Å². The van der Waals surface area contributed by atoms with E-state index in [1.165, 1.54) is 6.07 Å². The molecule has 0 amide bonds. The smallest absolute Gasteiger partial charge is 0.344 e. The third-order valence-electron chi connectivity index (χ3n) is 2.93. The number of carbonyl (C=O) groups is 3. The van der Waals surface area contributed by atoms with Crippen LogP contribution in [0.3, 0.4) is 0 Å². The van der Waals surface area contributed by atoms with Crippen molar-refractivity contribution in [2.75, 3.05) is 19.8 Å². The Bertz CT molecular complexity index is 834. The summed E-state index contributed by atoms with van der Waals surface area (Å²) in [6.07, 6.45) is 1.16. The first-order valence-electron chi connectivity index (χ1n) is 9.04. The second-order valence-electron chi connectivity index (χ2n) is 8.08. The second-order valence-corrected chi connectivity index (χ2v) is 8.08. The normalized spacial score (nSPS) is 11.1. The van der Waals surface area contributed by atoms with E-state index in [1.807, 2.05) is 0 Å². The molecule has 0 aliphatic heterocycles. The van der Waals surface area contributed by atoms with E-state index in [1.54, 1.807) is 41.5 Å². The van der Waals surface area contributed by atoms with Gasteiger partial charge in [-0.2, -0.15) is 0 Å². The standard InChI is InChI=1S/C19H26N4O7/c1-18(2,3)29-16(25)10-27-14-7-12(13(24)8-22-23-20)21-9-15(14)28-11-17(26)30-19(4,5)6/h7,9H,8,10-11H2,1-6H3. The Balaban J connectivity index is 2.98. The zero-order valence-electron chi connectivity index (χ0n) is 17.9. The minimum Gasteiger partial charge on any atom is -0.478 e. The van der Waals surface area contributed by atoms with Gasteiger partial charge in [0.1, 0.15) is 16.9 Å². The van der Waals surface area contributed by atoms with Gasteiger partial charge in [0.2, 0.25) is 0 Å². The third kappa shape index (κ3) is 9.74. The molecule has 0 aliphatic rings. The summed E-state index contributed by atoms with van der Waals surface area (Å²) in [7, 11) is 0. The van der Waals surface area contributed by atoms with Crippen molar-refractivity contribution in [2.45, 2.75) is 52.7 Å². The van der Waals surface area contributed by atoms with Crippen molar-refractivity contribution in [1.29, 1.82) is 0 Å². The maximum Gasteiger partial charge on any atom is 0.344 e. The van der Waals surface area contributed by atoms with Crippen molar-refractivity contribution in [3.63, 3.8) is 0 Å². The van der Waals surface area contributed by atoms with E-state index >= 15 is 0 Å². The Morgan fingerprint density at radius 3 is 1.93 bits per heavy atom. The highest BCUT2D eigenvalue weighted by Gasteiger charge is 2.20. The van der Waals surface area contributed by atoms with Gasteiger partial charge in [0.15, 0.2) is 30.5 Å². The van der Waals surface area contributed by atoms with Crippen LogP contribution in [0.25, 0.3) is 10.4 Å². The van der Waals surface area contributed by atoms with E-state index in [9.17, 15) is 14.4 Å². The van der Waals surface area contributed by atoms with Gasteiger partial charge in [-0.05, 0) is 47.1 Å². The molecule has 11 nitrogen and oxygen atoms in total. The fourth-order valence-corrected chi connectivity index (χ4v) is 1.99. The molecule has 0 aliphatic carbocycles. The highest BCUT2D eigenvalue weighted by molar-refractivity contribution is 5.96. The molecule has 0 saturated carbocycles. The van der Waals surface area contributed by atoms with Gasteiger partial charge >= 0.3 is 11.9 Å². The van der Waals surface area contributed by atoms with E-state index < -0.39 is 48.7 Å². The molecule has 0 atom stereocenters. The molecule has 30 heavy (non-hydrogen) atoms. The van der Waals surface area contributed by atoms with Crippen LogP contribution in [0, 0.1) is 0 Å². The second kappa shape index (κ2) is 10.4. The van der Waals surface area contributed by atoms with Crippen molar-refractivity contribution in [3.8, 4) is 11.5 Å². The minimum absolute atomic E-state index is 0.0105. The highest BCUT2D eigenvalue weighted by Crippen LogP contribution is 2.27. The van der Waals surface area contributed by atoms with Crippen LogP contribution in [0.4, 0.5) is 0 Å². The fourth-order valence-electron chi connectivity index (χ4n) is 1.99. The Morgan fingerprint density at radius 2 is 1.47 bits per heavy atom. The van der Waals surface area contributed by atoms with E-state index in [0.717, 1.165) is 6.20 Å². The van der Waals surface area contributed by atoms with Crippen LogP contribution < -0.4 is 9.47 Å². The SMILES string of the molecule is CC(C)(C)OC(=O)COc1cnc(C(=O)CN=[N+]=[N-])cc1OCC(=O)OC(C)(C)C. The van der Waals surface area contributed by atoms with E-state index in [4.69, 9.17) is 24.5 Å². The maximum atomic E-state index is 12.0. The van der Waals surface area contributed by atoms with Crippen LogP contribution >= 0.6 is 0 Å². The van der Waals surface area contributed by atoms with Crippen LogP contribution in [-0.4, -0.2) is 53.7 Å². The number of rotatable bonds is 9. The van der Waals surface area contributed by atoms with E-state index in [-0.39, 0.29) is 17.2 Å². The number of Topliss-reactive ketones (excluding diaryl/α,β-unsaturated/α-hetero) is 1. The zero-order valence-corrected chi connectivity index (χ0v) is 17.9. The first-order chi connectivity index (χ1) is 13.8. The first-order valence-corrected chi connectivity index (χ1v) is 9.04. The van der Waals surface area contributed by atoms with Crippen molar-refractivity contribution in [1.82, 2.24) is 4.98 Å². The minimum atomic E-state index is -0.703. The lowest BCUT2D eigenvalue weighted by Gasteiger charge is -2.21. The summed E-state index contributed by atoms with van der Waals surface area (Å²) in [4.78, 5) is 42.3. The average Bonchev–Trinajstić information content (AvgIpc) is 2.60. The monoisotopic (exact) mass is 422 g/mol. The molecule has 0 fully saturated rings. The Kier molecular flexibility index (Phi) is 8.60. The fraction of sp³-hybridized carbons (Fsp3) is 0.579. The quantitative estimate of drug-likeness (QED) is 0.194. The van der Waals surface area contributed by atoms with Crippen molar-refractivity contribution >= 4 is 17.7 Å². The molecule has 1 rings (SSSR count). The number of aromatic nitrogens is 1. The van der Waals surface area contributed by atoms with Gasteiger partial charge in [0, 0.05) is 11.0 Å². The molecule has 0 N–H and O–H groups in total. The number of nitrogens with zero attached hydrogens (tertiary/aromatic N) is 4. The van der Waals surface area contributed by atoms with Gasteiger partial charge in [-0.1, -0.05) is 5.11 Å². The number of pyridine rings is 1. The van der Waals surface area contributed by atoms with Gasteiger partial charge in [0.25, 0.3) is 0 Å². The number of ether oxygens (including phenoxy) is 4. The van der Waals surface area contributed by atoms with Crippen LogP contribution in [-0.2, 0) is 19.1 Å². The summed E-state index contributed by atoms with van der Waals surface area (Å²) in [5.41, 5.74) is 6.89. The predicted molar refractivity (Wildman–Crippen MR) is 105 cm³/mol. The Labute approximate surface area is 174 Å². The van der Waals surface area contributed by atoms with E-state index in [2.05, 4.69) is 15.0 Å². The van der Waals surface area contributed by atoms with Crippen LogP contribution in [0.15, 0.2) is 17.4 Å². The molecule has 0 radical (unpaired) electrons. The summed E-state index contributed by atoms with van der Waals surface area (Å²) in [6.45, 7) is 8.93. The van der Waals surface area contributed by atoms with Crippen LogP contribution in [0.2, 0.25) is 0 Å². The van der Waals surface area contributed by atoms with Gasteiger partial charge in [-0.15, -0.1) is 0 Å². The molecular formula is C19H26N4O7. The maximum absolute atomic E-state index is 12.0. The molecule has 1 aromatic heterocycles. The summed E-state index contributed by atoms with van der Waals surface area (Å²) in [6, 6.07) is 1.23. The van der Waals surface area contributed by atoms with E-state index in [0.29, 0.717) is 0 Å². The summed E-state index contributed by atoms with van der Waals surface area (Å²) in [5.74, 6) is -1.81. The number of esters is 2. The summed E-state index contributed by atoms with van der Waals surface area (Å²) in [5, 5.41) is 3.19. The lowest BCUT2D eigenvalue weighted by atomic mass is 10.2. The van der Waals surface area contributed by atoms with Gasteiger partial charge in [-0.3, -0.25) is 4.79 Å². The number of hydrogen-bond donors (Lipinski definition) is 0. The number of carbonyl (C=O) groups excluding carboxylic acids is 3. The molecule has 0 bridgehead atoms. The summed E-state index contributed by atoms with van der Waals surface area (Å²) < 4.78 is 21.1. The molecule has 0 aromatic carbocycles. The summed E-state index contributed by atoms with van der Waals surface area (Å²) >= 11 is 0. The van der Waals surface area contributed by atoms with Crippen molar-refractivity contribution in [3.05, 3.63) is 28.4 Å². The third-order valence-corrected chi connectivity index (χ3v) is 2.93. The lowest BCUT2D eigenvalue weighted by Crippen LogP contribution is -2.28. The average molecular weight is 422 g/mol. The number of hydrogen-bond acceptors (Lipinski definition) is 9. The molecule has 0 spiro atoms. The molecule has 0 unspecified atom stereocenters. The highest BCUT2D eigenvalue weighted by atomic mass is 16.6. The zero-order chi connectivity index (χ0) is 22.9. The van der Waals surface area contributed by atoms with Crippen molar-refractivity contribution in [2.24, 2.45) is 5.11 Å². The number of azide groups is 1. The van der Waals surface area contributed by atoms with Gasteiger partial charge in [0.05, 0.1) is 12.7 Å². The van der Waals surface area contributed by atoms with Crippen LogP contribution in [0.5, 0.6) is 11.5 Å². The molecule has 1 aromatic rings.